The second-order valence-electron chi connectivity index (χ2n) is 1.14. The summed E-state index contributed by atoms with van der Waals surface area (Å²) < 4.78 is 0.750. The zero-order valence-electron chi connectivity index (χ0n) is 3.74. The van der Waals surface area contributed by atoms with Crippen LogP contribution in [-0.4, -0.2) is 16.7 Å². The van der Waals surface area contributed by atoms with Gasteiger partial charge in [-0.05, 0) is 9.39 Å². The molecule has 5 nitrogen and oxygen atoms in total. The van der Waals surface area contributed by atoms with Crippen LogP contribution in [0.1, 0.15) is 0 Å². The molecule has 1 unspecified atom stereocenters. The van der Waals surface area contributed by atoms with E-state index in [-0.39, 0.29) is 0 Å². The van der Waals surface area contributed by atoms with Crippen LogP contribution in [0.25, 0.3) is 0 Å². The predicted molar refractivity (Wildman–Crippen MR) is 27.2 cm³/mol. The molecule has 0 aromatic heterocycles. The fourth-order valence-corrected chi connectivity index (χ4v) is 0.367. The molecule has 1 heterocycles. The first-order valence-corrected chi connectivity index (χ1v) is 2.28. The Morgan fingerprint density at radius 1 is 1.25 bits per heavy atom. The van der Waals surface area contributed by atoms with Crippen LogP contribution in [0.4, 0.5) is 9.59 Å². The number of hydrogen-bond acceptors (Lipinski definition) is 2. The van der Waals surface area contributed by atoms with Gasteiger partial charge < -0.3 is 0 Å². The van der Waals surface area contributed by atoms with Crippen LogP contribution in [0.5, 0.6) is 0 Å². The van der Waals surface area contributed by atoms with Crippen LogP contribution < -0.4 is 0 Å². The van der Waals surface area contributed by atoms with Crippen LogP contribution >= 0.6 is 9.39 Å². The van der Waals surface area contributed by atoms with Crippen molar-refractivity contribution in [1.29, 1.82) is 0 Å². The number of carbonyl (C=O) groups is 2. The quantitative estimate of drug-likeness (QED) is 0.456. The average Bonchev–Trinajstić information content (AvgIpc) is 1.98. The maximum atomic E-state index is 10.2. The van der Waals surface area contributed by atoms with Gasteiger partial charge in [0.25, 0.3) is 0 Å². The topological polar surface area (TPSA) is 62.1 Å². The van der Waals surface area contributed by atoms with Crippen molar-refractivity contribution in [3.05, 3.63) is 0 Å². The molecule has 6 heteroatoms. The largest absolute Gasteiger partial charge is 0.373 e. The SMILES string of the molecule is O=C1N=NC(=O)N1P. The molecule has 42 valence electrons. The van der Waals surface area contributed by atoms with Gasteiger partial charge in [-0.25, -0.2) is 14.3 Å². The molecule has 0 aromatic carbocycles. The minimum atomic E-state index is -0.639. The van der Waals surface area contributed by atoms with E-state index in [1.807, 2.05) is 9.39 Å². The van der Waals surface area contributed by atoms with E-state index in [1.54, 1.807) is 0 Å². The van der Waals surface area contributed by atoms with Crippen molar-refractivity contribution >= 4 is 21.5 Å². The molecule has 1 rings (SSSR count). The Morgan fingerprint density at radius 2 is 1.62 bits per heavy atom. The Labute approximate surface area is 47.0 Å². The Balaban J connectivity index is 2.84. The Bertz CT molecular complexity index is 158. The molecule has 0 aromatic rings. The highest BCUT2D eigenvalue weighted by Crippen LogP contribution is 2.10. The number of urea groups is 2. The van der Waals surface area contributed by atoms with Gasteiger partial charge in [-0.3, -0.25) is 0 Å². The zero-order chi connectivity index (χ0) is 6.15. The molecule has 0 aliphatic carbocycles. The molecule has 0 bridgehead atoms. The van der Waals surface area contributed by atoms with Gasteiger partial charge in [0.2, 0.25) is 0 Å². The number of azo groups is 1. The van der Waals surface area contributed by atoms with Crippen LogP contribution in [-0.2, 0) is 0 Å². The zero-order valence-corrected chi connectivity index (χ0v) is 4.89. The summed E-state index contributed by atoms with van der Waals surface area (Å²) in [6, 6.07) is -1.28. The molecule has 0 fully saturated rings. The highest BCUT2D eigenvalue weighted by Gasteiger charge is 2.22. The molecule has 1 atom stereocenters. The van der Waals surface area contributed by atoms with Gasteiger partial charge in [-0.2, -0.15) is 0 Å². The van der Waals surface area contributed by atoms with Gasteiger partial charge in [0.05, 0.1) is 0 Å². The molecule has 8 heavy (non-hydrogen) atoms. The van der Waals surface area contributed by atoms with E-state index in [0.717, 1.165) is 4.67 Å². The van der Waals surface area contributed by atoms with Crippen LogP contribution in [0.15, 0.2) is 10.2 Å². The average molecular weight is 131 g/mol. The van der Waals surface area contributed by atoms with Crippen molar-refractivity contribution in [2.75, 3.05) is 0 Å². The monoisotopic (exact) mass is 131 g/mol. The standard InChI is InChI=1S/C2H2N3O2P/c6-1-3-4-2(7)5(1)8/h8H2. The van der Waals surface area contributed by atoms with Crippen LogP contribution in [0.2, 0.25) is 0 Å². The van der Waals surface area contributed by atoms with E-state index in [0.29, 0.717) is 0 Å². The first-order valence-electron chi connectivity index (χ1n) is 1.76. The first kappa shape index (κ1) is 5.31. The third-order valence-corrected chi connectivity index (χ3v) is 1.08. The summed E-state index contributed by atoms with van der Waals surface area (Å²) in [5.74, 6) is 0. The molecule has 0 saturated carbocycles. The van der Waals surface area contributed by atoms with E-state index < -0.39 is 12.1 Å². The third-order valence-electron chi connectivity index (χ3n) is 0.633. The van der Waals surface area contributed by atoms with Crippen molar-refractivity contribution in [2.24, 2.45) is 10.2 Å². The fourth-order valence-electron chi connectivity index (χ4n) is 0.264. The van der Waals surface area contributed by atoms with Crippen molar-refractivity contribution in [3.63, 3.8) is 0 Å². The lowest BCUT2D eigenvalue weighted by atomic mass is 11.0. The number of rotatable bonds is 0. The van der Waals surface area contributed by atoms with Gasteiger partial charge in [0, 0.05) is 0 Å². The smallest absolute Gasteiger partial charge is 0.243 e. The van der Waals surface area contributed by atoms with Gasteiger partial charge in [-0.15, -0.1) is 0 Å². The van der Waals surface area contributed by atoms with Crippen molar-refractivity contribution in [2.45, 2.75) is 0 Å². The number of imide groups is 1. The summed E-state index contributed by atoms with van der Waals surface area (Å²) >= 11 is 0. The van der Waals surface area contributed by atoms with Crippen molar-refractivity contribution in [3.8, 4) is 0 Å². The molecule has 0 saturated heterocycles. The lowest BCUT2D eigenvalue weighted by molar-refractivity contribution is 0.227. The van der Waals surface area contributed by atoms with E-state index in [9.17, 15) is 9.59 Å². The first-order chi connectivity index (χ1) is 3.72. The maximum Gasteiger partial charge on any atom is 0.373 e. The lowest BCUT2D eigenvalue weighted by Gasteiger charge is -1.95. The minimum Gasteiger partial charge on any atom is -0.243 e. The van der Waals surface area contributed by atoms with E-state index in [2.05, 4.69) is 10.2 Å². The second kappa shape index (κ2) is 1.59. The van der Waals surface area contributed by atoms with Gasteiger partial charge in [0.1, 0.15) is 0 Å². The Kier molecular flexibility index (Phi) is 1.06. The van der Waals surface area contributed by atoms with E-state index >= 15 is 0 Å². The van der Waals surface area contributed by atoms with Gasteiger partial charge in [-0.1, -0.05) is 10.2 Å². The highest BCUT2D eigenvalue weighted by molar-refractivity contribution is 7.16. The maximum absolute atomic E-state index is 10.2. The van der Waals surface area contributed by atoms with Crippen LogP contribution in [0, 0.1) is 0 Å². The van der Waals surface area contributed by atoms with E-state index in [4.69, 9.17) is 0 Å². The van der Waals surface area contributed by atoms with Gasteiger partial charge in [0.15, 0.2) is 0 Å². The summed E-state index contributed by atoms with van der Waals surface area (Å²) in [5, 5.41) is 5.88. The Hall–Kier alpha value is -0.830. The summed E-state index contributed by atoms with van der Waals surface area (Å²) in [6.07, 6.45) is 0. The molecular weight excluding hydrogens is 129 g/mol. The number of carbonyl (C=O) groups excluding carboxylic acids is 2. The van der Waals surface area contributed by atoms with Crippen LogP contribution in [0.3, 0.4) is 0 Å². The third kappa shape index (κ3) is 0.607. The molecular formula is C2H2N3O2P. The molecule has 0 N–H and O–H groups in total. The summed E-state index contributed by atoms with van der Waals surface area (Å²) in [4.78, 5) is 20.4. The highest BCUT2D eigenvalue weighted by atomic mass is 31.0. The molecule has 1 aliphatic rings. The minimum absolute atomic E-state index is 0.639. The van der Waals surface area contributed by atoms with Crippen molar-refractivity contribution in [1.82, 2.24) is 4.67 Å². The molecule has 1 aliphatic heterocycles. The predicted octanol–water partition coefficient (Wildman–Crippen LogP) is 0.784. The van der Waals surface area contributed by atoms with Crippen molar-refractivity contribution < 1.29 is 9.59 Å². The summed E-state index contributed by atoms with van der Waals surface area (Å²) in [6.45, 7) is 0. The van der Waals surface area contributed by atoms with Gasteiger partial charge >= 0.3 is 12.1 Å². The summed E-state index contributed by atoms with van der Waals surface area (Å²) in [5.41, 5.74) is 0. The Morgan fingerprint density at radius 3 is 1.75 bits per heavy atom. The second-order valence-corrected chi connectivity index (χ2v) is 1.65. The number of amides is 4. The number of nitrogens with zero attached hydrogens (tertiary/aromatic N) is 3. The summed E-state index contributed by atoms with van der Waals surface area (Å²) in [7, 11) is 1.90. The normalized spacial score (nSPS) is 18.4. The molecule has 0 spiro atoms. The molecule has 0 radical (unpaired) electrons. The fraction of sp³-hybridized carbons (Fsp3) is 0. The number of hydrogen-bond donors (Lipinski definition) is 0. The molecule has 4 amide bonds. The van der Waals surface area contributed by atoms with E-state index in [1.165, 1.54) is 0 Å². The lowest BCUT2D eigenvalue weighted by Crippen LogP contribution is -2.14.